The molecule has 0 aromatic carbocycles. The fourth-order valence-electron chi connectivity index (χ4n) is 2.62. The minimum atomic E-state index is -4.27. The maximum absolute atomic E-state index is 12.9. The van der Waals surface area contributed by atoms with E-state index >= 15 is 0 Å². The van der Waals surface area contributed by atoms with Crippen LogP contribution >= 0.6 is 0 Å². The molecule has 106 valence electrons. The van der Waals surface area contributed by atoms with Gasteiger partial charge in [-0.25, -0.2) is 4.68 Å². The van der Waals surface area contributed by atoms with Crippen molar-refractivity contribution in [1.29, 1.82) is 0 Å². The number of hydrogen-bond donors (Lipinski definition) is 1. The third-order valence-corrected chi connectivity index (χ3v) is 3.63. The number of alkyl halides is 3. The lowest BCUT2D eigenvalue weighted by Gasteiger charge is -2.26. The first kappa shape index (κ1) is 12.6. The summed E-state index contributed by atoms with van der Waals surface area (Å²) in [5.41, 5.74) is 0. The van der Waals surface area contributed by atoms with E-state index in [4.69, 9.17) is 0 Å². The van der Waals surface area contributed by atoms with Crippen LogP contribution < -0.4 is 10.2 Å². The maximum atomic E-state index is 12.9. The van der Waals surface area contributed by atoms with Crippen LogP contribution in [0.2, 0.25) is 0 Å². The van der Waals surface area contributed by atoms with Gasteiger partial charge in [-0.3, -0.25) is 0 Å². The summed E-state index contributed by atoms with van der Waals surface area (Å²) in [6.45, 7) is 1.92. The van der Waals surface area contributed by atoms with Crippen LogP contribution in [0.1, 0.15) is 31.7 Å². The third kappa shape index (κ3) is 2.35. The molecule has 1 atom stereocenters. The molecular weight excluding hydrogens is 259 g/mol. The van der Waals surface area contributed by atoms with Crippen molar-refractivity contribution >= 4 is 11.9 Å². The zero-order valence-corrected chi connectivity index (χ0v) is 10.4. The molecule has 0 spiro atoms. The smallest absolute Gasteiger partial charge is 0.354 e. The van der Waals surface area contributed by atoms with E-state index < -0.39 is 12.2 Å². The minimum Gasteiger partial charge on any atom is -0.354 e. The van der Waals surface area contributed by atoms with Crippen LogP contribution in [-0.2, 0) is 0 Å². The number of anilines is 2. The fourth-order valence-corrected chi connectivity index (χ4v) is 2.62. The molecule has 1 fully saturated rings. The van der Waals surface area contributed by atoms with E-state index in [9.17, 15) is 13.2 Å². The van der Waals surface area contributed by atoms with E-state index in [1.54, 1.807) is 0 Å². The molecule has 1 N–H and O–H groups in total. The molecule has 2 aliphatic heterocycles. The Balaban J connectivity index is 1.88. The second-order valence-electron chi connectivity index (χ2n) is 5.00. The van der Waals surface area contributed by atoms with Gasteiger partial charge < -0.3 is 10.2 Å². The normalized spacial score (nSPS) is 23.9. The van der Waals surface area contributed by atoms with Gasteiger partial charge in [0.05, 0.1) is 0 Å². The number of nitrogens with zero attached hydrogens (tertiary/aromatic N) is 4. The molecule has 8 heteroatoms. The van der Waals surface area contributed by atoms with Gasteiger partial charge in [-0.1, -0.05) is 0 Å². The maximum Gasteiger partial charge on any atom is 0.411 e. The summed E-state index contributed by atoms with van der Waals surface area (Å²) < 4.78 is 39.8. The second-order valence-corrected chi connectivity index (χ2v) is 5.00. The zero-order chi connectivity index (χ0) is 13.5. The van der Waals surface area contributed by atoms with Gasteiger partial charge in [0.25, 0.3) is 0 Å². The molecule has 0 saturated carbocycles. The lowest BCUT2D eigenvalue weighted by atomic mass is 10.1. The number of rotatable bonds is 1. The molecule has 0 amide bonds. The average molecular weight is 275 g/mol. The molecule has 0 aliphatic carbocycles. The van der Waals surface area contributed by atoms with Crippen LogP contribution in [0.25, 0.3) is 0 Å². The number of fused-ring (bicyclic) bond motifs is 1. The number of hydrogen-bond acceptors (Lipinski definition) is 4. The standard InChI is InChI=1S/C11H16F3N5/c12-11(13,14)8-4-5-15-9-16-10(17-19(8)9)18-6-2-1-3-7-18/h8H,1-7H2,(H,15,16,17). The van der Waals surface area contributed by atoms with Crippen molar-refractivity contribution in [3.05, 3.63) is 0 Å². The monoisotopic (exact) mass is 275 g/mol. The molecule has 0 bridgehead atoms. The molecule has 0 radical (unpaired) electrons. The van der Waals surface area contributed by atoms with Crippen LogP contribution in [0.4, 0.5) is 25.1 Å². The van der Waals surface area contributed by atoms with E-state index in [0.717, 1.165) is 37.0 Å². The van der Waals surface area contributed by atoms with Gasteiger partial charge in [0.2, 0.25) is 11.9 Å². The summed E-state index contributed by atoms with van der Waals surface area (Å²) in [5, 5.41) is 6.96. The number of halogens is 3. The Morgan fingerprint density at radius 3 is 2.58 bits per heavy atom. The Morgan fingerprint density at radius 1 is 1.16 bits per heavy atom. The Kier molecular flexibility index (Phi) is 3.02. The lowest BCUT2D eigenvalue weighted by molar-refractivity contribution is -0.171. The molecule has 1 saturated heterocycles. The molecule has 1 aromatic heterocycles. The van der Waals surface area contributed by atoms with E-state index in [2.05, 4.69) is 15.4 Å². The quantitative estimate of drug-likeness (QED) is 0.853. The van der Waals surface area contributed by atoms with Gasteiger partial charge in [-0.15, -0.1) is 5.10 Å². The summed E-state index contributed by atoms with van der Waals surface area (Å²) in [7, 11) is 0. The fraction of sp³-hybridized carbons (Fsp3) is 0.818. The van der Waals surface area contributed by atoms with Crippen molar-refractivity contribution in [3.8, 4) is 0 Å². The van der Waals surface area contributed by atoms with Crippen LogP contribution in [0.5, 0.6) is 0 Å². The lowest BCUT2D eigenvalue weighted by Crippen LogP contribution is -2.34. The average Bonchev–Trinajstić information content (AvgIpc) is 2.82. The Labute approximate surface area is 108 Å². The summed E-state index contributed by atoms with van der Waals surface area (Å²) in [6, 6.07) is -1.56. The Morgan fingerprint density at radius 2 is 1.89 bits per heavy atom. The summed E-state index contributed by atoms with van der Waals surface area (Å²) in [5.74, 6) is 0.646. The van der Waals surface area contributed by atoms with E-state index in [1.807, 2.05) is 4.90 Å². The summed E-state index contributed by atoms with van der Waals surface area (Å²) in [4.78, 5) is 6.17. The van der Waals surface area contributed by atoms with Crippen LogP contribution in [-0.4, -0.2) is 40.6 Å². The van der Waals surface area contributed by atoms with Crippen molar-refractivity contribution in [2.24, 2.45) is 0 Å². The number of aromatic nitrogens is 3. The number of nitrogens with one attached hydrogen (secondary N) is 1. The second kappa shape index (κ2) is 4.57. The SMILES string of the molecule is FC(F)(F)C1CCNc2nc(N3CCCCC3)nn21. The topological polar surface area (TPSA) is 46.0 Å². The van der Waals surface area contributed by atoms with Crippen LogP contribution in [0.3, 0.4) is 0 Å². The molecule has 19 heavy (non-hydrogen) atoms. The van der Waals surface area contributed by atoms with Crippen molar-refractivity contribution in [2.45, 2.75) is 37.9 Å². The van der Waals surface area contributed by atoms with Crippen molar-refractivity contribution < 1.29 is 13.2 Å². The molecule has 2 aliphatic rings. The van der Waals surface area contributed by atoms with E-state index in [0.29, 0.717) is 5.95 Å². The van der Waals surface area contributed by atoms with Gasteiger partial charge in [-0.2, -0.15) is 18.2 Å². The highest BCUT2D eigenvalue weighted by Crippen LogP contribution is 2.37. The van der Waals surface area contributed by atoms with E-state index in [1.165, 1.54) is 0 Å². The highest BCUT2D eigenvalue weighted by molar-refractivity contribution is 5.39. The van der Waals surface area contributed by atoms with Crippen LogP contribution in [0, 0.1) is 0 Å². The van der Waals surface area contributed by atoms with Gasteiger partial charge in [0, 0.05) is 19.6 Å². The Bertz CT molecular complexity index is 450. The molecule has 3 rings (SSSR count). The van der Waals surface area contributed by atoms with Gasteiger partial charge in [-0.05, 0) is 25.7 Å². The third-order valence-electron chi connectivity index (χ3n) is 3.63. The first-order valence-electron chi connectivity index (χ1n) is 6.58. The zero-order valence-electron chi connectivity index (χ0n) is 10.4. The molecular formula is C11H16F3N5. The van der Waals surface area contributed by atoms with Gasteiger partial charge in [0.15, 0.2) is 6.04 Å². The predicted octanol–water partition coefficient (Wildman–Crippen LogP) is 2.19. The minimum absolute atomic E-state index is 0.000694. The van der Waals surface area contributed by atoms with Crippen molar-refractivity contribution in [2.75, 3.05) is 29.9 Å². The van der Waals surface area contributed by atoms with Crippen molar-refractivity contribution in [3.63, 3.8) is 0 Å². The predicted molar refractivity (Wildman–Crippen MR) is 64.3 cm³/mol. The first-order chi connectivity index (χ1) is 9.05. The Hall–Kier alpha value is -1.47. The molecule has 1 aromatic rings. The number of piperidine rings is 1. The van der Waals surface area contributed by atoms with Gasteiger partial charge >= 0.3 is 6.18 Å². The molecule has 1 unspecified atom stereocenters. The van der Waals surface area contributed by atoms with Crippen LogP contribution in [0.15, 0.2) is 0 Å². The van der Waals surface area contributed by atoms with E-state index in [-0.39, 0.29) is 18.9 Å². The molecule has 5 nitrogen and oxygen atoms in total. The highest BCUT2D eigenvalue weighted by atomic mass is 19.4. The first-order valence-corrected chi connectivity index (χ1v) is 6.58. The largest absolute Gasteiger partial charge is 0.411 e. The summed E-state index contributed by atoms with van der Waals surface area (Å²) in [6.07, 6.45) is -1.03. The highest BCUT2D eigenvalue weighted by Gasteiger charge is 2.44. The summed E-state index contributed by atoms with van der Waals surface area (Å²) >= 11 is 0. The molecule has 3 heterocycles. The van der Waals surface area contributed by atoms with Crippen molar-refractivity contribution in [1.82, 2.24) is 14.8 Å². The van der Waals surface area contributed by atoms with Gasteiger partial charge in [0.1, 0.15) is 0 Å².